The van der Waals surface area contributed by atoms with Crippen LogP contribution in [-0.4, -0.2) is 63.4 Å². The summed E-state index contributed by atoms with van der Waals surface area (Å²) >= 11 is 0. The van der Waals surface area contributed by atoms with E-state index in [-0.39, 0.29) is 29.6 Å². The Morgan fingerprint density at radius 3 is 2.90 bits per heavy atom. The molecule has 0 aliphatic carbocycles. The summed E-state index contributed by atoms with van der Waals surface area (Å²) in [6, 6.07) is 8.02. The zero-order valence-electron chi connectivity index (χ0n) is 16.4. The van der Waals surface area contributed by atoms with Gasteiger partial charge in [-0.2, -0.15) is 10.4 Å². The summed E-state index contributed by atoms with van der Waals surface area (Å²) in [5.74, 6) is -0.606. The number of nitrogens with one attached hydrogen (secondary N) is 2. The third-order valence-corrected chi connectivity index (χ3v) is 5.68. The van der Waals surface area contributed by atoms with Crippen LogP contribution in [0.3, 0.4) is 0 Å². The zero-order chi connectivity index (χ0) is 21.1. The van der Waals surface area contributed by atoms with Crippen LogP contribution in [0.1, 0.15) is 36.0 Å². The molecule has 3 heterocycles. The molecule has 30 heavy (non-hydrogen) atoms. The number of ether oxygens (including phenoxy) is 1. The van der Waals surface area contributed by atoms with E-state index in [9.17, 15) is 20.0 Å². The number of H-pyrrole nitrogens is 1. The molecule has 2 fully saturated rings. The van der Waals surface area contributed by atoms with Gasteiger partial charge in [0, 0.05) is 24.3 Å². The second-order valence-electron chi connectivity index (χ2n) is 7.61. The van der Waals surface area contributed by atoms with Gasteiger partial charge in [0.25, 0.3) is 0 Å². The molecule has 0 saturated carbocycles. The van der Waals surface area contributed by atoms with Crippen LogP contribution in [0.2, 0.25) is 0 Å². The van der Waals surface area contributed by atoms with Crippen LogP contribution in [0.25, 0.3) is 11.3 Å². The van der Waals surface area contributed by atoms with Crippen LogP contribution in [0.15, 0.2) is 30.5 Å². The molecule has 3 atom stereocenters. The number of hydrogen-bond acceptors (Lipinski definition) is 6. The molecule has 1 amide bonds. The van der Waals surface area contributed by atoms with Gasteiger partial charge < -0.3 is 14.7 Å². The van der Waals surface area contributed by atoms with E-state index < -0.39 is 5.97 Å². The van der Waals surface area contributed by atoms with Crippen molar-refractivity contribution in [1.29, 1.82) is 5.26 Å². The van der Waals surface area contributed by atoms with E-state index in [1.807, 2.05) is 0 Å². The molecule has 156 valence electrons. The van der Waals surface area contributed by atoms with Crippen LogP contribution in [0, 0.1) is 11.3 Å². The van der Waals surface area contributed by atoms with Crippen LogP contribution in [0.5, 0.6) is 5.75 Å². The highest BCUT2D eigenvalue weighted by molar-refractivity contribution is 5.89. The molecule has 3 N–H and O–H groups in total. The lowest BCUT2D eigenvalue weighted by Gasteiger charge is -2.24. The van der Waals surface area contributed by atoms with E-state index >= 15 is 0 Å². The molecular formula is C21H23N5O4. The Morgan fingerprint density at radius 2 is 2.17 bits per heavy atom. The molecule has 0 unspecified atom stereocenters. The van der Waals surface area contributed by atoms with Crippen molar-refractivity contribution in [2.45, 2.75) is 43.8 Å². The minimum absolute atomic E-state index is 0.0208. The molecule has 2 aliphatic rings. The lowest BCUT2D eigenvalue weighted by Crippen LogP contribution is -2.47. The number of aromatic nitrogens is 2. The number of nitriles is 1. The molecule has 0 radical (unpaired) electrons. The van der Waals surface area contributed by atoms with Crippen LogP contribution in [-0.2, 0) is 4.79 Å². The number of carboxylic acid groups (broad SMARTS) is 1. The van der Waals surface area contributed by atoms with Crippen LogP contribution in [0.4, 0.5) is 0 Å². The first kappa shape index (κ1) is 19.9. The maximum Gasteiger partial charge on any atom is 0.335 e. The van der Waals surface area contributed by atoms with Crippen molar-refractivity contribution >= 4 is 11.9 Å². The summed E-state index contributed by atoms with van der Waals surface area (Å²) in [7, 11) is 0. The van der Waals surface area contributed by atoms with Crippen molar-refractivity contribution in [2.75, 3.05) is 13.2 Å². The lowest BCUT2D eigenvalue weighted by molar-refractivity contribution is -0.133. The van der Waals surface area contributed by atoms with Crippen molar-refractivity contribution in [1.82, 2.24) is 20.4 Å². The van der Waals surface area contributed by atoms with E-state index in [0.29, 0.717) is 25.3 Å². The van der Waals surface area contributed by atoms with Gasteiger partial charge in [0.1, 0.15) is 18.4 Å². The van der Waals surface area contributed by atoms with Gasteiger partial charge in [-0.05, 0) is 49.9 Å². The van der Waals surface area contributed by atoms with Gasteiger partial charge in [0.05, 0.1) is 23.4 Å². The fourth-order valence-corrected chi connectivity index (χ4v) is 4.10. The van der Waals surface area contributed by atoms with Gasteiger partial charge in [0.2, 0.25) is 5.91 Å². The highest BCUT2D eigenvalue weighted by atomic mass is 16.5. The van der Waals surface area contributed by atoms with E-state index in [0.717, 1.165) is 30.5 Å². The fraction of sp³-hybridized carbons (Fsp3) is 0.429. The third kappa shape index (κ3) is 4.00. The normalized spacial score (nSPS) is 23.3. The van der Waals surface area contributed by atoms with Crippen molar-refractivity contribution in [3.05, 3.63) is 36.0 Å². The maximum absolute atomic E-state index is 12.8. The lowest BCUT2D eigenvalue weighted by atomic mass is 10.1. The number of carbonyl (C=O) groups is 2. The van der Waals surface area contributed by atoms with E-state index in [1.165, 1.54) is 12.1 Å². The average molecular weight is 409 g/mol. The molecular weight excluding hydrogens is 386 g/mol. The Bertz CT molecular complexity index is 968. The second-order valence-corrected chi connectivity index (χ2v) is 7.61. The van der Waals surface area contributed by atoms with Gasteiger partial charge in [0.15, 0.2) is 0 Å². The molecule has 9 heteroatoms. The monoisotopic (exact) mass is 409 g/mol. The first-order chi connectivity index (χ1) is 14.6. The highest BCUT2D eigenvalue weighted by Gasteiger charge is 2.37. The Labute approximate surface area is 173 Å². The number of benzene rings is 1. The van der Waals surface area contributed by atoms with Crippen molar-refractivity contribution < 1.29 is 19.4 Å². The van der Waals surface area contributed by atoms with Crippen LogP contribution >= 0.6 is 0 Å². The standard InChI is InChI=1S/C21H23N5O4/c22-11-15-2-1-9-26(15)20(27)18-6-4-14(24-18)12-30-19-10-13(21(28)29)3-5-16(19)17-7-8-23-25-17/h3,5,7-8,10,14-15,18,24H,1-2,4,6,9,12H2,(H,23,25)(H,28,29)/t14-,15+,18+/m1/s1. The third-order valence-electron chi connectivity index (χ3n) is 5.68. The van der Waals surface area contributed by atoms with Crippen molar-refractivity contribution in [2.24, 2.45) is 0 Å². The molecule has 9 nitrogen and oxygen atoms in total. The molecule has 2 saturated heterocycles. The number of carboxylic acids is 1. The predicted octanol–water partition coefficient (Wildman–Crippen LogP) is 1.79. The topological polar surface area (TPSA) is 131 Å². The second kappa shape index (κ2) is 8.55. The minimum atomic E-state index is -1.03. The smallest absolute Gasteiger partial charge is 0.335 e. The molecule has 2 aliphatic heterocycles. The number of amides is 1. The summed E-state index contributed by atoms with van der Waals surface area (Å²) in [5.41, 5.74) is 1.58. The summed E-state index contributed by atoms with van der Waals surface area (Å²) in [5, 5.41) is 28.6. The highest BCUT2D eigenvalue weighted by Crippen LogP contribution is 2.30. The first-order valence-corrected chi connectivity index (χ1v) is 10.0. The molecule has 2 aromatic rings. The molecule has 0 bridgehead atoms. The van der Waals surface area contributed by atoms with Crippen molar-refractivity contribution in [3.8, 4) is 23.1 Å². The number of nitrogens with zero attached hydrogens (tertiary/aromatic N) is 3. The number of aromatic carboxylic acids is 1. The summed E-state index contributed by atoms with van der Waals surface area (Å²) in [6.45, 7) is 0.932. The Balaban J connectivity index is 1.42. The van der Waals surface area contributed by atoms with E-state index in [4.69, 9.17) is 4.74 Å². The number of rotatable bonds is 6. The molecule has 4 rings (SSSR count). The van der Waals surface area contributed by atoms with E-state index in [1.54, 1.807) is 23.2 Å². The Morgan fingerprint density at radius 1 is 1.30 bits per heavy atom. The summed E-state index contributed by atoms with van der Waals surface area (Å²) < 4.78 is 5.98. The molecule has 0 spiro atoms. The van der Waals surface area contributed by atoms with E-state index in [2.05, 4.69) is 21.6 Å². The van der Waals surface area contributed by atoms with Gasteiger partial charge in [-0.3, -0.25) is 15.2 Å². The first-order valence-electron chi connectivity index (χ1n) is 10.0. The number of hydrogen-bond donors (Lipinski definition) is 3. The van der Waals surface area contributed by atoms with Gasteiger partial charge >= 0.3 is 5.97 Å². The maximum atomic E-state index is 12.8. The van der Waals surface area contributed by atoms with Crippen molar-refractivity contribution in [3.63, 3.8) is 0 Å². The number of aromatic amines is 1. The quantitative estimate of drug-likeness (QED) is 0.663. The zero-order valence-corrected chi connectivity index (χ0v) is 16.4. The summed E-state index contributed by atoms with van der Waals surface area (Å²) in [6.07, 6.45) is 4.66. The fourth-order valence-electron chi connectivity index (χ4n) is 4.10. The minimum Gasteiger partial charge on any atom is -0.491 e. The SMILES string of the molecule is N#C[C@@H]1CCCN1C(=O)[C@@H]1CC[C@H](COc2cc(C(=O)O)ccc2-c2ccn[nH]2)N1. The van der Waals surface area contributed by atoms with Gasteiger partial charge in [-0.1, -0.05) is 0 Å². The number of likely N-dealkylation sites (tertiary alicyclic amines) is 1. The average Bonchev–Trinajstić information content (AvgIpc) is 3.52. The van der Waals surface area contributed by atoms with Gasteiger partial charge in [-0.15, -0.1) is 0 Å². The largest absolute Gasteiger partial charge is 0.491 e. The van der Waals surface area contributed by atoms with Gasteiger partial charge in [-0.25, -0.2) is 4.79 Å². The summed E-state index contributed by atoms with van der Waals surface area (Å²) in [4.78, 5) is 25.8. The van der Waals surface area contributed by atoms with Crippen LogP contribution < -0.4 is 10.1 Å². The number of carbonyl (C=O) groups excluding carboxylic acids is 1. The Kier molecular flexibility index (Phi) is 5.68. The Hall–Kier alpha value is -3.38. The predicted molar refractivity (Wildman–Crippen MR) is 107 cm³/mol. The molecule has 1 aromatic heterocycles. The molecule has 1 aromatic carbocycles.